The van der Waals surface area contributed by atoms with Gasteiger partial charge in [0.25, 0.3) is 0 Å². The number of nitrogens with one attached hydrogen (secondary N) is 1. The third kappa shape index (κ3) is 2.18. The largest absolute Gasteiger partial charge is 0.494 e. The number of halogens is 3. The van der Waals surface area contributed by atoms with Crippen molar-refractivity contribution in [1.82, 2.24) is 4.98 Å². The number of carbonyl (C=O) groups is 1. The fourth-order valence-corrected chi connectivity index (χ4v) is 3.03. The van der Waals surface area contributed by atoms with E-state index in [9.17, 15) is 23.1 Å². The van der Waals surface area contributed by atoms with Gasteiger partial charge in [0.2, 0.25) is 5.78 Å². The summed E-state index contributed by atoms with van der Waals surface area (Å²) in [4.78, 5) is 19.1. The average molecular weight is 355 g/mol. The van der Waals surface area contributed by atoms with Gasteiger partial charge in [0.1, 0.15) is 5.71 Å². The van der Waals surface area contributed by atoms with Crippen molar-refractivity contribution in [3.63, 3.8) is 0 Å². The minimum atomic E-state index is -4.62. The number of benzene rings is 2. The van der Waals surface area contributed by atoms with Crippen LogP contribution in [-0.4, -0.2) is 21.6 Å². The molecule has 0 fully saturated rings. The number of para-hydroxylation sites is 1. The molecule has 2 heterocycles. The number of aromatic nitrogens is 1. The number of nitrogens with zero attached hydrogens (tertiary/aromatic N) is 2. The molecule has 8 heteroatoms. The lowest BCUT2D eigenvalue weighted by Crippen LogP contribution is -2.11. The summed E-state index contributed by atoms with van der Waals surface area (Å²) >= 11 is 0. The van der Waals surface area contributed by atoms with Crippen LogP contribution in [0.3, 0.4) is 0 Å². The van der Waals surface area contributed by atoms with Crippen molar-refractivity contribution in [1.29, 1.82) is 5.26 Å². The van der Waals surface area contributed by atoms with Crippen LogP contribution in [-0.2, 0) is 6.18 Å². The molecule has 0 spiro atoms. The lowest BCUT2D eigenvalue weighted by molar-refractivity contribution is -0.136. The van der Waals surface area contributed by atoms with Gasteiger partial charge < -0.3 is 10.1 Å². The van der Waals surface area contributed by atoms with Gasteiger partial charge >= 0.3 is 6.18 Å². The maximum atomic E-state index is 13.2. The van der Waals surface area contributed by atoms with Gasteiger partial charge in [-0.1, -0.05) is 12.1 Å². The number of fused-ring (bicyclic) bond motifs is 2. The fourth-order valence-electron chi connectivity index (χ4n) is 3.03. The first kappa shape index (κ1) is 15.9. The summed E-state index contributed by atoms with van der Waals surface area (Å²) in [6.07, 6.45) is -4.62. The molecule has 1 aliphatic rings. The molecule has 3 aromatic rings. The number of H-pyrrole nitrogens is 1. The topological polar surface area (TPSA) is 89.2 Å². The van der Waals surface area contributed by atoms with Crippen LogP contribution in [0.25, 0.3) is 10.9 Å². The second-order valence-electron chi connectivity index (χ2n) is 5.71. The van der Waals surface area contributed by atoms with Crippen LogP contribution in [0.5, 0.6) is 5.88 Å². The molecule has 1 aromatic heterocycles. The number of hydrogen-bond donors (Lipinski definition) is 2. The maximum Gasteiger partial charge on any atom is 0.418 e. The molecular formula is C18H8F3N3O2. The van der Waals surface area contributed by atoms with Gasteiger partial charge in [-0.25, -0.2) is 4.99 Å². The van der Waals surface area contributed by atoms with Gasteiger partial charge in [0, 0.05) is 5.39 Å². The molecule has 0 amide bonds. The van der Waals surface area contributed by atoms with E-state index < -0.39 is 23.4 Å². The third-order valence-electron chi connectivity index (χ3n) is 4.17. The number of carbonyl (C=O) groups excluding carboxylic acids is 1. The molecule has 4 rings (SSSR count). The molecule has 2 N–H and O–H groups in total. The predicted molar refractivity (Wildman–Crippen MR) is 86.6 cm³/mol. The number of alkyl halides is 3. The zero-order valence-electron chi connectivity index (χ0n) is 12.8. The van der Waals surface area contributed by atoms with E-state index in [1.165, 1.54) is 30.3 Å². The molecule has 0 aliphatic carbocycles. The normalized spacial score (nSPS) is 13.6. The van der Waals surface area contributed by atoms with Crippen molar-refractivity contribution in [2.75, 3.05) is 0 Å². The summed E-state index contributed by atoms with van der Waals surface area (Å²) in [6, 6.07) is 9.68. The number of hydrogen-bond acceptors (Lipinski definition) is 4. The molecule has 0 saturated heterocycles. The third-order valence-corrected chi connectivity index (χ3v) is 4.17. The summed E-state index contributed by atoms with van der Waals surface area (Å²) in [6.45, 7) is 0. The predicted octanol–water partition coefficient (Wildman–Crippen LogP) is 4.08. The number of aromatic hydroxyl groups is 1. The minimum absolute atomic E-state index is 0.0396. The lowest BCUT2D eigenvalue weighted by Gasteiger charge is -2.07. The number of aliphatic imine (C=N–C) groups is 1. The SMILES string of the molecule is N#Cc1ccc2c(c1)C(=O)C(c1c(O)[nH]c3c(C(F)(F)F)cccc13)=N2. The smallest absolute Gasteiger partial charge is 0.418 e. The van der Waals surface area contributed by atoms with Crippen molar-refractivity contribution >= 4 is 28.1 Å². The van der Waals surface area contributed by atoms with Crippen LogP contribution in [0.15, 0.2) is 41.4 Å². The molecule has 0 atom stereocenters. The molecule has 0 unspecified atom stereocenters. The molecular weight excluding hydrogens is 347 g/mol. The number of aromatic amines is 1. The van der Waals surface area contributed by atoms with Crippen LogP contribution in [0.2, 0.25) is 0 Å². The van der Waals surface area contributed by atoms with Gasteiger partial charge in [0.15, 0.2) is 5.88 Å². The van der Waals surface area contributed by atoms with Crippen LogP contribution >= 0.6 is 0 Å². The molecule has 128 valence electrons. The summed E-state index contributed by atoms with van der Waals surface area (Å²) in [5.74, 6) is -1.14. The Bertz CT molecular complexity index is 1170. The van der Waals surface area contributed by atoms with Crippen LogP contribution in [0, 0.1) is 11.3 Å². The fraction of sp³-hybridized carbons (Fsp3) is 0.0556. The van der Waals surface area contributed by atoms with Crippen LogP contribution in [0.1, 0.15) is 27.0 Å². The van der Waals surface area contributed by atoms with E-state index in [0.717, 1.165) is 6.07 Å². The van der Waals surface area contributed by atoms with Crippen molar-refractivity contribution in [2.24, 2.45) is 4.99 Å². The van der Waals surface area contributed by atoms with Crippen LogP contribution < -0.4 is 0 Å². The Kier molecular flexibility index (Phi) is 3.18. The molecule has 0 saturated carbocycles. The number of rotatable bonds is 1. The highest BCUT2D eigenvalue weighted by Crippen LogP contribution is 2.40. The number of Topliss-reactive ketones (excluding diaryl/α,β-unsaturated/α-hetero) is 1. The summed E-state index contributed by atoms with van der Waals surface area (Å²) in [5.41, 5.74) is -0.812. The van der Waals surface area contributed by atoms with E-state index in [2.05, 4.69) is 9.98 Å². The van der Waals surface area contributed by atoms with E-state index in [0.29, 0.717) is 5.69 Å². The standard InChI is InChI=1S/C18H8F3N3O2/c19-18(20,21)11-3-1-2-9-13(17(26)24-14(9)11)15-16(25)10-6-8(7-22)4-5-12(10)23-15/h1-6,24,26H. The molecule has 5 nitrogen and oxygen atoms in total. The van der Waals surface area contributed by atoms with Crippen molar-refractivity contribution in [3.8, 4) is 11.9 Å². The van der Waals surface area contributed by atoms with E-state index in [1.54, 1.807) is 0 Å². The van der Waals surface area contributed by atoms with Gasteiger partial charge in [-0.15, -0.1) is 0 Å². The first-order valence-electron chi connectivity index (χ1n) is 7.40. The second kappa shape index (κ2) is 5.20. The van der Waals surface area contributed by atoms with Crippen molar-refractivity contribution < 1.29 is 23.1 Å². The Hall–Kier alpha value is -3.60. The zero-order chi connectivity index (χ0) is 18.6. The van der Waals surface area contributed by atoms with Gasteiger partial charge in [0.05, 0.1) is 39.5 Å². The number of nitriles is 1. The van der Waals surface area contributed by atoms with E-state index >= 15 is 0 Å². The maximum absolute atomic E-state index is 13.2. The summed E-state index contributed by atoms with van der Waals surface area (Å²) in [5, 5.41) is 19.2. The van der Waals surface area contributed by atoms with Crippen LogP contribution in [0.4, 0.5) is 18.9 Å². The molecule has 0 bridgehead atoms. The second-order valence-corrected chi connectivity index (χ2v) is 5.71. The first-order valence-corrected chi connectivity index (χ1v) is 7.40. The first-order chi connectivity index (χ1) is 12.3. The lowest BCUT2D eigenvalue weighted by atomic mass is 9.99. The highest BCUT2D eigenvalue weighted by molar-refractivity contribution is 6.56. The van der Waals surface area contributed by atoms with E-state index in [1.807, 2.05) is 6.07 Å². The summed E-state index contributed by atoms with van der Waals surface area (Å²) < 4.78 is 39.5. The molecule has 1 aliphatic heterocycles. The van der Waals surface area contributed by atoms with Crippen molar-refractivity contribution in [2.45, 2.75) is 6.18 Å². The molecule has 2 aromatic carbocycles. The minimum Gasteiger partial charge on any atom is -0.494 e. The van der Waals surface area contributed by atoms with E-state index in [4.69, 9.17) is 5.26 Å². The highest BCUT2D eigenvalue weighted by atomic mass is 19.4. The Balaban J connectivity index is 1.93. The Morgan fingerprint density at radius 1 is 1.19 bits per heavy atom. The van der Waals surface area contributed by atoms with Gasteiger partial charge in [-0.05, 0) is 24.3 Å². The number of ketones is 1. The summed E-state index contributed by atoms with van der Waals surface area (Å²) in [7, 11) is 0. The zero-order valence-corrected chi connectivity index (χ0v) is 12.8. The molecule has 26 heavy (non-hydrogen) atoms. The average Bonchev–Trinajstić information content (AvgIpc) is 3.09. The Morgan fingerprint density at radius 2 is 1.96 bits per heavy atom. The van der Waals surface area contributed by atoms with E-state index in [-0.39, 0.29) is 33.3 Å². The highest BCUT2D eigenvalue weighted by Gasteiger charge is 2.36. The van der Waals surface area contributed by atoms with Gasteiger partial charge in [-0.3, -0.25) is 4.79 Å². The van der Waals surface area contributed by atoms with Gasteiger partial charge in [-0.2, -0.15) is 18.4 Å². The molecule has 0 radical (unpaired) electrons. The Labute approximate surface area is 144 Å². The monoisotopic (exact) mass is 355 g/mol. The quantitative estimate of drug-likeness (QED) is 0.689. The Morgan fingerprint density at radius 3 is 2.65 bits per heavy atom. The van der Waals surface area contributed by atoms with Crippen molar-refractivity contribution in [3.05, 3.63) is 58.7 Å².